The fraction of sp³-hybridized carbons (Fsp3) is 0.960. The molecule has 0 aliphatic heterocycles. The van der Waals surface area contributed by atoms with Crippen LogP contribution in [0.5, 0.6) is 0 Å². The van der Waals surface area contributed by atoms with E-state index in [2.05, 4.69) is 40.3 Å². The maximum absolute atomic E-state index is 12.0. The first-order valence-electron chi connectivity index (χ1n) is 13.2. The van der Waals surface area contributed by atoms with Crippen LogP contribution < -0.4 is 0 Å². The van der Waals surface area contributed by atoms with Gasteiger partial charge in [0.2, 0.25) is 5.69 Å². The molecule has 0 aliphatic carbocycles. The molecular weight excluding hydrogens is 489 g/mol. The molecule has 0 aromatic carbocycles. The molecule has 0 N–H and O–H groups in total. The molecule has 0 aromatic heterocycles. The highest BCUT2D eigenvalue weighted by Gasteiger charge is 2.20. The van der Waals surface area contributed by atoms with Gasteiger partial charge in [-0.3, -0.25) is 4.79 Å². The zero-order valence-electron chi connectivity index (χ0n) is 22.6. The maximum Gasteiger partial charge on any atom is 0.305 e. The zero-order valence-corrected chi connectivity index (χ0v) is 25.2. The molecule has 204 valence electrons. The fourth-order valence-electron chi connectivity index (χ4n) is 3.37. The molecule has 2 atom stereocenters. The zero-order chi connectivity index (χ0) is 25.7. The summed E-state index contributed by atoms with van der Waals surface area (Å²) < 4.78 is 22.8. The van der Waals surface area contributed by atoms with Crippen LogP contribution in [0.4, 0.5) is 0 Å². The minimum Gasteiger partial charge on any atom is -0.463 e. The summed E-state index contributed by atoms with van der Waals surface area (Å²) in [6.45, 7) is 3.89. The van der Waals surface area contributed by atoms with E-state index in [0.29, 0.717) is 13.0 Å². The van der Waals surface area contributed by atoms with Crippen molar-refractivity contribution in [1.29, 1.82) is 0 Å². The van der Waals surface area contributed by atoms with Crippen LogP contribution in [-0.2, 0) is 35.1 Å². The smallest absolute Gasteiger partial charge is 0.305 e. The van der Waals surface area contributed by atoms with Crippen LogP contribution in [0.15, 0.2) is 0 Å². The van der Waals surface area contributed by atoms with E-state index in [1.54, 1.807) is 7.11 Å². The molecule has 0 radical (unpaired) electrons. The maximum atomic E-state index is 12.0. The van der Waals surface area contributed by atoms with Gasteiger partial charge in [0.25, 0.3) is 0 Å². The molecule has 0 fully saturated rings. The van der Waals surface area contributed by atoms with Crippen LogP contribution in [0.3, 0.4) is 0 Å². The Balaban J connectivity index is 3.71. The van der Waals surface area contributed by atoms with E-state index >= 15 is 0 Å². The van der Waals surface area contributed by atoms with Gasteiger partial charge in [-0.25, -0.2) is 0 Å². The van der Waals surface area contributed by atoms with E-state index in [1.165, 1.54) is 70.6 Å². The van der Waals surface area contributed by atoms with Crippen molar-refractivity contribution < 1.29 is 27.8 Å². The van der Waals surface area contributed by atoms with E-state index in [1.807, 2.05) is 0 Å². The van der Waals surface area contributed by atoms with Crippen molar-refractivity contribution in [2.45, 2.75) is 103 Å². The number of hydrogen-bond donors (Lipinski definition) is 1. The molecular formula is C25H53NO5PS2+. The highest BCUT2D eigenvalue weighted by atomic mass is 32.9. The predicted octanol–water partition coefficient (Wildman–Crippen LogP) is 6.92. The van der Waals surface area contributed by atoms with Gasteiger partial charge in [-0.05, 0) is 18.2 Å². The van der Waals surface area contributed by atoms with Crippen molar-refractivity contribution in [2.24, 2.45) is 0 Å². The molecule has 0 saturated carbocycles. The van der Waals surface area contributed by atoms with Crippen LogP contribution in [0, 0.1) is 0 Å². The predicted molar refractivity (Wildman–Crippen MR) is 150 cm³/mol. The molecule has 0 aliphatic rings. The molecule has 0 bridgehead atoms. The van der Waals surface area contributed by atoms with Crippen LogP contribution >= 0.6 is 17.9 Å². The molecule has 9 heteroatoms. The third-order valence-corrected chi connectivity index (χ3v) is 8.00. The number of nitrogens with zero attached hydrogens (tertiary/aromatic N) is 1. The van der Waals surface area contributed by atoms with Crippen LogP contribution in [-0.4, -0.2) is 71.2 Å². The average molecular weight is 543 g/mol. The van der Waals surface area contributed by atoms with Crippen LogP contribution in [0.2, 0.25) is 0 Å². The molecule has 0 aromatic rings. The summed E-state index contributed by atoms with van der Waals surface area (Å²) in [4.78, 5) is 12.0. The molecule has 0 rings (SSSR count). The lowest BCUT2D eigenvalue weighted by atomic mass is 10.0. The SMILES string of the molecule is CCCCCCCCCCCCCCCC(=O)OCC(COP(=S)(S)OCC[N+](C)(C)C)OC. The van der Waals surface area contributed by atoms with Crippen molar-refractivity contribution in [3.05, 3.63) is 0 Å². The van der Waals surface area contributed by atoms with Gasteiger partial charge in [0.1, 0.15) is 25.9 Å². The lowest BCUT2D eigenvalue weighted by molar-refractivity contribution is -0.870. The lowest BCUT2D eigenvalue weighted by Gasteiger charge is -2.25. The number of likely N-dealkylation sites (N-methyl/N-ethyl adjacent to an activating group) is 1. The number of rotatable bonds is 24. The Morgan fingerprint density at radius 3 is 1.82 bits per heavy atom. The van der Waals surface area contributed by atoms with E-state index in [9.17, 15) is 4.79 Å². The normalized spacial score (nSPS) is 14.6. The van der Waals surface area contributed by atoms with Gasteiger partial charge in [0, 0.05) is 13.5 Å². The molecule has 0 heterocycles. The lowest BCUT2D eigenvalue weighted by Crippen LogP contribution is -2.37. The molecule has 6 nitrogen and oxygen atoms in total. The summed E-state index contributed by atoms with van der Waals surface area (Å²) >= 11 is 9.70. The number of carbonyl (C=O) groups excluding carboxylic acids is 1. The minimum absolute atomic E-state index is 0.149. The summed E-state index contributed by atoms with van der Waals surface area (Å²) in [7, 11) is 7.81. The van der Waals surface area contributed by atoms with Gasteiger partial charge < -0.3 is 23.0 Å². The summed E-state index contributed by atoms with van der Waals surface area (Å²) in [5.74, 6) is -0.186. The fourth-order valence-corrected chi connectivity index (χ4v) is 4.97. The van der Waals surface area contributed by atoms with Gasteiger partial charge in [0.15, 0.2) is 0 Å². The van der Waals surface area contributed by atoms with Crippen molar-refractivity contribution in [2.75, 3.05) is 54.6 Å². The van der Waals surface area contributed by atoms with E-state index in [-0.39, 0.29) is 25.3 Å². The Morgan fingerprint density at radius 1 is 0.853 bits per heavy atom. The highest BCUT2D eigenvalue weighted by molar-refractivity contribution is 8.60. The molecule has 0 spiro atoms. The summed E-state index contributed by atoms with van der Waals surface area (Å²) in [6.07, 6.45) is 16.8. The van der Waals surface area contributed by atoms with Gasteiger partial charge in [-0.15, -0.1) is 0 Å². The third-order valence-electron chi connectivity index (χ3n) is 5.69. The number of unbranched alkanes of at least 4 members (excludes halogenated alkanes) is 12. The largest absolute Gasteiger partial charge is 0.463 e. The first-order valence-corrected chi connectivity index (χ1v) is 17.0. The Labute approximate surface area is 220 Å². The van der Waals surface area contributed by atoms with Gasteiger partial charge in [-0.2, -0.15) is 0 Å². The van der Waals surface area contributed by atoms with E-state index in [0.717, 1.165) is 23.9 Å². The second-order valence-corrected chi connectivity index (χ2v) is 15.4. The summed E-state index contributed by atoms with van der Waals surface area (Å²) in [5, 5.41) is 0. The standard InChI is InChI=1S/C25H52NO5PS2/c1-6-7-8-9-10-11-12-13-14-15-16-17-18-19-25(27)29-22-24(28-5)23-31-32(33,34)30-21-20-26(2,3)4/h24H,6-23H2,1-5H3/p+1. The van der Waals surface area contributed by atoms with Crippen molar-refractivity contribution in [3.8, 4) is 0 Å². The van der Waals surface area contributed by atoms with E-state index in [4.69, 9.17) is 30.3 Å². The highest BCUT2D eigenvalue weighted by Crippen LogP contribution is 2.53. The minimum atomic E-state index is -2.64. The monoisotopic (exact) mass is 542 g/mol. The van der Waals surface area contributed by atoms with Gasteiger partial charge in [-0.1, -0.05) is 96.2 Å². The average Bonchev–Trinajstić information content (AvgIpc) is 2.76. The van der Waals surface area contributed by atoms with E-state index < -0.39 is 5.69 Å². The molecule has 2 unspecified atom stereocenters. The number of quaternary nitrogens is 1. The first kappa shape index (κ1) is 34.3. The van der Waals surface area contributed by atoms with Crippen molar-refractivity contribution >= 4 is 35.7 Å². The second-order valence-electron chi connectivity index (χ2n) is 10.1. The molecule has 34 heavy (non-hydrogen) atoms. The Morgan fingerprint density at radius 2 is 1.35 bits per heavy atom. The van der Waals surface area contributed by atoms with Crippen molar-refractivity contribution in [3.63, 3.8) is 0 Å². The Bertz CT molecular complexity index is 546. The molecule has 0 saturated heterocycles. The number of carbonyl (C=O) groups is 1. The number of thiol groups is 1. The Hall–Kier alpha value is 0.310. The Kier molecular flexibility index (Phi) is 21.6. The topological polar surface area (TPSA) is 54.0 Å². The number of ether oxygens (including phenoxy) is 2. The second kappa shape index (κ2) is 21.4. The first-order chi connectivity index (χ1) is 16.1. The van der Waals surface area contributed by atoms with Gasteiger partial charge >= 0.3 is 5.97 Å². The van der Waals surface area contributed by atoms with Crippen molar-refractivity contribution in [1.82, 2.24) is 0 Å². The van der Waals surface area contributed by atoms with Crippen LogP contribution in [0.1, 0.15) is 96.8 Å². The summed E-state index contributed by atoms with van der Waals surface area (Å²) in [5.41, 5.74) is -2.64. The number of esters is 1. The summed E-state index contributed by atoms with van der Waals surface area (Å²) in [6, 6.07) is 0. The number of methoxy groups -OCH3 is 1. The van der Waals surface area contributed by atoms with Crippen LogP contribution in [0.25, 0.3) is 0 Å². The van der Waals surface area contributed by atoms with Gasteiger partial charge in [0.05, 0.1) is 27.7 Å². The number of hydrogen-bond acceptors (Lipinski definition) is 6. The quantitative estimate of drug-likeness (QED) is 0.0470. The third kappa shape index (κ3) is 24.0. The molecule has 0 amide bonds.